The number of terminal acetylenes is 1. The van der Waals surface area contributed by atoms with Gasteiger partial charge < -0.3 is 9.30 Å². The van der Waals surface area contributed by atoms with Crippen LogP contribution >= 0.6 is 34.7 Å². The molecule has 1 atom stereocenters. The van der Waals surface area contributed by atoms with E-state index in [1.807, 2.05) is 10.8 Å². The summed E-state index contributed by atoms with van der Waals surface area (Å²) >= 11 is 13.1. The van der Waals surface area contributed by atoms with E-state index < -0.39 is 0 Å². The summed E-state index contributed by atoms with van der Waals surface area (Å²) in [4.78, 5) is 4.74. The lowest BCUT2D eigenvalue weighted by molar-refractivity contribution is 0.0669. The highest BCUT2D eigenvalue weighted by atomic mass is 35.5. The van der Waals surface area contributed by atoms with Crippen LogP contribution in [-0.2, 0) is 11.3 Å². The van der Waals surface area contributed by atoms with Crippen LogP contribution in [0.5, 0.6) is 0 Å². The van der Waals surface area contributed by atoms with Crippen molar-refractivity contribution in [3.63, 3.8) is 0 Å². The third-order valence-corrected chi connectivity index (χ3v) is 4.12. The van der Waals surface area contributed by atoms with Gasteiger partial charge in [-0.1, -0.05) is 29.1 Å². The topological polar surface area (TPSA) is 39.9 Å². The number of ether oxygens (including phenoxy) is 1. The van der Waals surface area contributed by atoms with E-state index in [0.29, 0.717) is 11.6 Å². The molecule has 2 aromatic heterocycles. The smallest absolute Gasteiger partial charge is 0.161 e. The SMILES string of the molecule is C#CCOC(Cn1ccnc1)c1snc(Cl)c1Cl. The zero-order chi connectivity index (χ0) is 13.0. The predicted octanol–water partition coefficient (Wildman–Crippen LogP) is 3.04. The highest BCUT2D eigenvalue weighted by Crippen LogP contribution is 2.35. The van der Waals surface area contributed by atoms with Crippen molar-refractivity contribution in [2.75, 3.05) is 6.61 Å². The number of nitrogens with zero attached hydrogens (tertiary/aromatic N) is 3. The molecule has 7 heteroatoms. The molecule has 2 rings (SSSR count). The Balaban J connectivity index is 2.19. The fourth-order valence-corrected chi connectivity index (χ4v) is 2.70. The summed E-state index contributed by atoms with van der Waals surface area (Å²) in [6.07, 6.45) is 10.1. The van der Waals surface area contributed by atoms with Gasteiger partial charge in [0.05, 0.1) is 22.8 Å². The van der Waals surface area contributed by atoms with Crippen LogP contribution in [0.1, 0.15) is 11.0 Å². The van der Waals surface area contributed by atoms with Gasteiger partial charge in [-0.05, 0) is 11.5 Å². The standard InChI is InChI=1S/C11H9Cl2N3OS/c1-2-5-17-8(6-16-4-3-14-7-16)10-9(12)11(13)15-18-10/h1,3-4,7-8H,5-6H2. The minimum atomic E-state index is -0.284. The Morgan fingerprint density at radius 3 is 2.94 bits per heavy atom. The van der Waals surface area contributed by atoms with Crippen molar-refractivity contribution in [2.45, 2.75) is 12.6 Å². The molecule has 2 aromatic rings. The molecule has 1 unspecified atom stereocenters. The third kappa shape index (κ3) is 3.03. The van der Waals surface area contributed by atoms with Crippen molar-refractivity contribution < 1.29 is 4.74 Å². The third-order valence-electron chi connectivity index (χ3n) is 2.22. The van der Waals surface area contributed by atoms with Gasteiger partial charge in [0.1, 0.15) is 12.7 Å². The van der Waals surface area contributed by atoms with Crippen molar-refractivity contribution in [3.8, 4) is 12.3 Å². The molecule has 4 nitrogen and oxygen atoms in total. The minimum absolute atomic E-state index is 0.200. The van der Waals surface area contributed by atoms with E-state index in [0.717, 1.165) is 4.88 Å². The van der Waals surface area contributed by atoms with Crippen molar-refractivity contribution >= 4 is 34.7 Å². The molecule has 0 bridgehead atoms. The number of rotatable bonds is 5. The first-order valence-electron chi connectivity index (χ1n) is 5.03. The van der Waals surface area contributed by atoms with E-state index >= 15 is 0 Å². The molecule has 0 aromatic carbocycles. The summed E-state index contributed by atoms with van der Waals surface area (Å²) in [5.74, 6) is 2.43. The first-order valence-corrected chi connectivity index (χ1v) is 6.56. The second-order valence-corrected chi connectivity index (χ2v) is 4.96. The summed E-state index contributed by atoms with van der Waals surface area (Å²) in [5.41, 5.74) is 0. The Kier molecular flexibility index (Phi) is 4.61. The van der Waals surface area contributed by atoms with Crippen LogP contribution in [0.15, 0.2) is 18.7 Å². The van der Waals surface area contributed by atoms with Gasteiger partial charge in [-0.3, -0.25) is 0 Å². The van der Waals surface area contributed by atoms with Gasteiger partial charge in [0.15, 0.2) is 5.15 Å². The Morgan fingerprint density at radius 2 is 2.39 bits per heavy atom. The molecule has 0 aliphatic heterocycles. The fraction of sp³-hybridized carbons (Fsp3) is 0.273. The molecule has 18 heavy (non-hydrogen) atoms. The Morgan fingerprint density at radius 1 is 1.56 bits per heavy atom. The van der Waals surface area contributed by atoms with Crippen molar-refractivity contribution in [2.24, 2.45) is 0 Å². The van der Waals surface area contributed by atoms with Crippen LogP contribution in [0.25, 0.3) is 0 Å². The van der Waals surface area contributed by atoms with E-state index in [4.69, 9.17) is 34.4 Å². The fourth-order valence-electron chi connectivity index (χ4n) is 1.42. The maximum Gasteiger partial charge on any atom is 0.161 e. The van der Waals surface area contributed by atoms with Gasteiger partial charge in [0.25, 0.3) is 0 Å². The highest BCUT2D eigenvalue weighted by molar-refractivity contribution is 7.07. The lowest BCUT2D eigenvalue weighted by Gasteiger charge is -2.15. The van der Waals surface area contributed by atoms with Gasteiger partial charge >= 0.3 is 0 Å². The number of imidazole rings is 1. The molecule has 2 heterocycles. The van der Waals surface area contributed by atoms with Gasteiger partial charge in [0, 0.05) is 12.4 Å². The van der Waals surface area contributed by atoms with E-state index in [1.54, 1.807) is 12.5 Å². The van der Waals surface area contributed by atoms with E-state index in [2.05, 4.69) is 15.3 Å². The van der Waals surface area contributed by atoms with Crippen molar-refractivity contribution in [1.82, 2.24) is 13.9 Å². The average molecular weight is 302 g/mol. The highest BCUT2D eigenvalue weighted by Gasteiger charge is 2.21. The van der Waals surface area contributed by atoms with E-state index in [1.165, 1.54) is 11.5 Å². The summed E-state index contributed by atoms with van der Waals surface area (Å²) in [5, 5.41) is 0.709. The molecule has 0 N–H and O–H groups in total. The number of aromatic nitrogens is 3. The Bertz CT molecular complexity index is 547. The zero-order valence-corrected chi connectivity index (χ0v) is 11.5. The molecule has 0 fully saturated rings. The first kappa shape index (κ1) is 13.4. The van der Waals surface area contributed by atoms with Crippen molar-refractivity contribution in [1.29, 1.82) is 0 Å². The summed E-state index contributed by atoms with van der Waals surface area (Å²) < 4.78 is 11.5. The molecule has 0 saturated carbocycles. The van der Waals surface area contributed by atoms with Crippen LogP contribution in [0.4, 0.5) is 0 Å². The number of halogens is 2. The van der Waals surface area contributed by atoms with Crippen molar-refractivity contribution in [3.05, 3.63) is 33.8 Å². The monoisotopic (exact) mass is 301 g/mol. The molecule has 0 radical (unpaired) electrons. The van der Waals surface area contributed by atoms with Crippen LogP contribution in [-0.4, -0.2) is 20.5 Å². The summed E-state index contributed by atoms with van der Waals surface area (Å²) in [7, 11) is 0. The van der Waals surface area contributed by atoms with Gasteiger partial charge in [-0.15, -0.1) is 6.42 Å². The molecule has 0 amide bonds. The maximum atomic E-state index is 6.08. The summed E-state index contributed by atoms with van der Waals surface area (Å²) in [6.45, 7) is 0.755. The van der Waals surface area contributed by atoms with Gasteiger partial charge in [0.2, 0.25) is 0 Å². The van der Waals surface area contributed by atoms with Crippen LogP contribution < -0.4 is 0 Å². The van der Waals surface area contributed by atoms with E-state index in [-0.39, 0.29) is 17.9 Å². The van der Waals surface area contributed by atoms with Gasteiger partial charge in [-0.25, -0.2) is 4.98 Å². The second-order valence-electron chi connectivity index (χ2n) is 3.41. The first-order chi connectivity index (χ1) is 8.72. The molecular formula is C11H9Cl2N3OS. The average Bonchev–Trinajstić information content (AvgIpc) is 2.97. The normalized spacial score (nSPS) is 12.3. The quantitative estimate of drug-likeness (QED) is 0.797. The zero-order valence-electron chi connectivity index (χ0n) is 9.22. The molecular weight excluding hydrogens is 293 g/mol. The molecule has 94 valence electrons. The second kappa shape index (κ2) is 6.21. The lowest BCUT2D eigenvalue weighted by atomic mass is 10.3. The van der Waals surface area contributed by atoms with Gasteiger partial charge in [-0.2, -0.15) is 4.37 Å². The largest absolute Gasteiger partial charge is 0.358 e. The summed E-state index contributed by atoms with van der Waals surface area (Å²) in [6, 6.07) is 0. The molecule has 0 aliphatic rings. The maximum absolute atomic E-state index is 6.08. The Hall–Kier alpha value is -1.06. The minimum Gasteiger partial charge on any atom is -0.358 e. The molecule has 0 saturated heterocycles. The van der Waals surface area contributed by atoms with E-state index in [9.17, 15) is 0 Å². The van der Waals surface area contributed by atoms with Crippen LogP contribution in [0.3, 0.4) is 0 Å². The Labute approximate surface area is 119 Å². The number of hydrogen-bond donors (Lipinski definition) is 0. The molecule has 0 aliphatic carbocycles. The van der Waals surface area contributed by atoms with Crippen LogP contribution in [0.2, 0.25) is 10.2 Å². The number of hydrogen-bond acceptors (Lipinski definition) is 4. The van der Waals surface area contributed by atoms with Crippen LogP contribution in [0, 0.1) is 12.3 Å². The predicted molar refractivity (Wildman–Crippen MR) is 71.9 cm³/mol. The lowest BCUT2D eigenvalue weighted by Crippen LogP contribution is -2.11. The molecule has 0 spiro atoms.